The first kappa shape index (κ1) is 19.6. The van der Waals surface area contributed by atoms with Crippen molar-refractivity contribution in [2.45, 2.75) is 51.5 Å². The number of carbonyl (C=O) groups is 3. The molecular formula is C19H25N3O4. The zero-order valence-electron chi connectivity index (χ0n) is 14.8. The third-order valence-corrected chi connectivity index (χ3v) is 4.15. The topological polar surface area (TPSA) is 99.1 Å². The smallest absolute Gasteiger partial charge is 0.303 e. The number of unbranched alkanes of at least 4 members (excludes halogenated alkanes) is 3. The summed E-state index contributed by atoms with van der Waals surface area (Å²) in [6, 6.07) is 9.55. The standard InChI is InChI=1S/C19H25N3O4/c23-17-12-11-16(21-22(17)14-15-8-4-3-5-9-15)19(26)20-13-7-2-1-6-10-18(24)25/h3-5,8-9H,1-2,6-7,10-14H2,(H,20,26)(H,24,25). The fraction of sp³-hybridized carbons (Fsp3) is 0.474. The molecule has 0 atom stereocenters. The Balaban J connectivity index is 1.76. The molecular weight excluding hydrogens is 334 g/mol. The lowest BCUT2D eigenvalue weighted by molar-refractivity contribution is -0.137. The van der Waals surface area contributed by atoms with Crippen LogP contribution in [0.25, 0.3) is 0 Å². The molecule has 0 spiro atoms. The number of hydrazone groups is 1. The average Bonchev–Trinajstić information content (AvgIpc) is 2.63. The normalized spacial score (nSPS) is 14.1. The Morgan fingerprint density at radius 3 is 2.54 bits per heavy atom. The van der Waals surface area contributed by atoms with E-state index in [1.165, 1.54) is 5.01 Å². The van der Waals surface area contributed by atoms with E-state index in [0.717, 1.165) is 24.8 Å². The van der Waals surface area contributed by atoms with Crippen LogP contribution in [0.3, 0.4) is 0 Å². The fourth-order valence-electron chi connectivity index (χ4n) is 2.70. The number of nitrogens with zero attached hydrogens (tertiary/aromatic N) is 2. The number of rotatable bonds is 10. The SMILES string of the molecule is O=C(O)CCCCCCNC(=O)C1=NN(Cc2ccccc2)C(=O)CC1. The van der Waals surface area contributed by atoms with Gasteiger partial charge < -0.3 is 10.4 Å². The first-order valence-electron chi connectivity index (χ1n) is 8.98. The van der Waals surface area contributed by atoms with Gasteiger partial charge in [0.05, 0.1) is 6.54 Å². The second kappa shape index (κ2) is 10.3. The zero-order chi connectivity index (χ0) is 18.8. The third-order valence-electron chi connectivity index (χ3n) is 4.15. The molecule has 0 saturated heterocycles. The van der Waals surface area contributed by atoms with E-state index in [1.807, 2.05) is 30.3 Å². The third kappa shape index (κ3) is 6.66. The maximum absolute atomic E-state index is 12.2. The summed E-state index contributed by atoms with van der Waals surface area (Å²) in [5.41, 5.74) is 1.35. The van der Waals surface area contributed by atoms with Crippen molar-refractivity contribution in [3.8, 4) is 0 Å². The van der Waals surface area contributed by atoms with Crippen LogP contribution in [0.15, 0.2) is 35.4 Å². The van der Waals surface area contributed by atoms with Crippen LogP contribution in [0.2, 0.25) is 0 Å². The largest absolute Gasteiger partial charge is 0.481 e. The molecule has 7 nitrogen and oxygen atoms in total. The number of carbonyl (C=O) groups excluding carboxylic acids is 2. The van der Waals surface area contributed by atoms with Gasteiger partial charge in [-0.2, -0.15) is 5.10 Å². The summed E-state index contributed by atoms with van der Waals surface area (Å²) >= 11 is 0. The second-order valence-corrected chi connectivity index (χ2v) is 6.30. The summed E-state index contributed by atoms with van der Waals surface area (Å²) in [5.74, 6) is -1.09. The van der Waals surface area contributed by atoms with Crippen LogP contribution in [0.5, 0.6) is 0 Å². The molecule has 0 radical (unpaired) electrons. The summed E-state index contributed by atoms with van der Waals surface area (Å²) in [6.45, 7) is 0.886. The number of nitrogens with one attached hydrogen (secondary N) is 1. The van der Waals surface area contributed by atoms with E-state index in [1.54, 1.807) is 0 Å². The van der Waals surface area contributed by atoms with Crippen LogP contribution in [0.4, 0.5) is 0 Å². The van der Waals surface area contributed by atoms with Gasteiger partial charge >= 0.3 is 5.97 Å². The molecule has 0 fully saturated rings. The van der Waals surface area contributed by atoms with Crippen LogP contribution < -0.4 is 5.32 Å². The predicted octanol–water partition coefficient (Wildman–Crippen LogP) is 2.32. The first-order valence-corrected chi connectivity index (χ1v) is 8.98. The van der Waals surface area contributed by atoms with E-state index < -0.39 is 5.97 Å². The molecule has 0 aromatic heterocycles. The minimum Gasteiger partial charge on any atom is -0.481 e. The molecule has 1 aliphatic heterocycles. The molecule has 7 heteroatoms. The number of carboxylic acid groups (broad SMARTS) is 1. The van der Waals surface area contributed by atoms with Crippen molar-refractivity contribution in [1.82, 2.24) is 10.3 Å². The van der Waals surface area contributed by atoms with Crippen molar-refractivity contribution in [2.75, 3.05) is 6.54 Å². The van der Waals surface area contributed by atoms with Crippen molar-refractivity contribution in [2.24, 2.45) is 5.10 Å². The molecule has 0 bridgehead atoms. The zero-order valence-corrected chi connectivity index (χ0v) is 14.8. The summed E-state index contributed by atoms with van der Waals surface area (Å²) in [4.78, 5) is 34.7. The van der Waals surface area contributed by atoms with Gasteiger partial charge in [0.25, 0.3) is 5.91 Å². The van der Waals surface area contributed by atoms with Crippen molar-refractivity contribution in [1.29, 1.82) is 0 Å². The van der Waals surface area contributed by atoms with Gasteiger partial charge in [-0.3, -0.25) is 14.4 Å². The first-order chi connectivity index (χ1) is 12.6. The summed E-state index contributed by atoms with van der Waals surface area (Å²) in [5, 5.41) is 17.0. The monoisotopic (exact) mass is 359 g/mol. The van der Waals surface area contributed by atoms with Crippen LogP contribution >= 0.6 is 0 Å². The Morgan fingerprint density at radius 2 is 1.81 bits per heavy atom. The Hall–Kier alpha value is -2.70. The molecule has 26 heavy (non-hydrogen) atoms. The van der Waals surface area contributed by atoms with Gasteiger partial charge in [0.15, 0.2) is 0 Å². The van der Waals surface area contributed by atoms with Gasteiger partial charge in [-0.05, 0) is 18.4 Å². The number of hydrogen-bond donors (Lipinski definition) is 2. The molecule has 1 aliphatic rings. The Bertz CT molecular complexity index is 658. The second-order valence-electron chi connectivity index (χ2n) is 6.30. The summed E-state index contributed by atoms with van der Waals surface area (Å²) in [6.07, 6.45) is 4.00. The van der Waals surface area contributed by atoms with Crippen molar-refractivity contribution in [3.63, 3.8) is 0 Å². The molecule has 2 rings (SSSR count). The minimum atomic E-state index is -0.775. The van der Waals surface area contributed by atoms with Crippen molar-refractivity contribution < 1.29 is 19.5 Å². The molecule has 2 N–H and O–H groups in total. The van der Waals surface area contributed by atoms with Gasteiger partial charge in [-0.15, -0.1) is 0 Å². The number of hydrogen-bond acceptors (Lipinski definition) is 4. The van der Waals surface area contributed by atoms with Gasteiger partial charge in [-0.1, -0.05) is 43.2 Å². The van der Waals surface area contributed by atoms with Crippen LogP contribution in [-0.4, -0.2) is 40.2 Å². The maximum atomic E-state index is 12.2. The van der Waals surface area contributed by atoms with Gasteiger partial charge in [0.2, 0.25) is 5.91 Å². The minimum absolute atomic E-state index is 0.0798. The lowest BCUT2D eigenvalue weighted by atomic mass is 10.1. The van der Waals surface area contributed by atoms with E-state index in [2.05, 4.69) is 10.4 Å². The highest BCUT2D eigenvalue weighted by Gasteiger charge is 2.24. The van der Waals surface area contributed by atoms with E-state index in [9.17, 15) is 14.4 Å². The van der Waals surface area contributed by atoms with Gasteiger partial charge in [-0.25, -0.2) is 5.01 Å². The summed E-state index contributed by atoms with van der Waals surface area (Å²) in [7, 11) is 0. The van der Waals surface area contributed by atoms with Crippen molar-refractivity contribution in [3.05, 3.63) is 35.9 Å². The number of carboxylic acids is 1. The number of aliphatic carboxylic acids is 1. The number of benzene rings is 1. The van der Waals surface area contributed by atoms with E-state index in [0.29, 0.717) is 31.6 Å². The maximum Gasteiger partial charge on any atom is 0.303 e. The van der Waals surface area contributed by atoms with E-state index in [4.69, 9.17) is 5.11 Å². The fourth-order valence-corrected chi connectivity index (χ4v) is 2.70. The molecule has 1 aromatic carbocycles. The van der Waals surface area contributed by atoms with Gasteiger partial charge in [0, 0.05) is 25.8 Å². The molecule has 0 aliphatic carbocycles. The highest BCUT2D eigenvalue weighted by Crippen LogP contribution is 2.13. The molecule has 0 unspecified atom stereocenters. The van der Waals surface area contributed by atoms with E-state index in [-0.39, 0.29) is 24.7 Å². The highest BCUT2D eigenvalue weighted by atomic mass is 16.4. The lowest BCUT2D eigenvalue weighted by Crippen LogP contribution is -2.39. The molecule has 1 heterocycles. The van der Waals surface area contributed by atoms with Crippen LogP contribution in [0.1, 0.15) is 50.5 Å². The molecule has 0 saturated carbocycles. The van der Waals surface area contributed by atoms with Crippen LogP contribution in [-0.2, 0) is 20.9 Å². The molecule has 2 amide bonds. The number of amides is 2. The average molecular weight is 359 g/mol. The predicted molar refractivity (Wildman–Crippen MR) is 97.4 cm³/mol. The molecule has 140 valence electrons. The highest BCUT2D eigenvalue weighted by molar-refractivity contribution is 6.39. The van der Waals surface area contributed by atoms with E-state index >= 15 is 0 Å². The summed E-state index contributed by atoms with van der Waals surface area (Å²) < 4.78 is 0. The lowest BCUT2D eigenvalue weighted by Gasteiger charge is -2.23. The Labute approximate surface area is 153 Å². The Kier molecular flexibility index (Phi) is 7.79. The van der Waals surface area contributed by atoms with Gasteiger partial charge in [0.1, 0.15) is 5.71 Å². The van der Waals surface area contributed by atoms with Crippen LogP contribution in [0, 0.1) is 0 Å². The van der Waals surface area contributed by atoms with Crippen molar-refractivity contribution >= 4 is 23.5 Å². The Morgan fingerprint density at radius 1 is 1.08 bits per heavy atom. The molecule has 1 aromatic rings. The quantitative estimate of drug-likeness (QED) is 0.626.